The Labute approximate surface area is 164 Å². The smallest absolute Gasteiger partial charge is 0.200 e. The van der Waals surface area contributed by atoms with Crippen molar-refractivity contribution in [2.45, 2.75) is 13.8 Å². The molecule has 3 rings (SSSR count). The first-order chi connectivity index (χ1) is 13.0. The number of carbonyl (C=O) groups excluding carboxylic acids is 1. The summed E-state index contributed by atoms with van der Waals surface area (Å²) in [6.45, 7) is 6.99. The van der Waals surface area contributed by atoms with E-state index in [9.17, 15) is 4.79 Å². The minimum absolute atomic E-state index is 0.0307. The highest BCUT2D eigenvalue weighted by molar-refractivity contribution is 6.30. The monoisotopic (exact) mass is 386 g/mol. The minimum Gasteiger partial charge on any atom is -0.485 e. The molecule has 1 fully saturated rings. The van der Waals surface area contributed by atoms with E-state index < -0.39 is 0 Å². The molecular formula is C21H23ClN2O3. The number of Topliss-reactive ketones (excluding diaryl/α,β-unsaturated/α-hetero) is 1. The molecule has 0 aliphatic carbocycles. The van der Waals surface area contributed by atoms with Crippen molar-refractivity contribution < 1.29 is 14.3 Å². The van der Waals surface area contributed by atoms with Gasteiger partial charge in [0.2, 0.25) is 0 Å². The molecule has 142 valence electrons. The molecule has 0 atom stereocenters. The van der Waals surface area contributed by atoms with Crippen molar-refractivity contribution in [2.75, 3.05) is 32.9 Å². The number of nitrogens with zero attached hydrogens (tertiary/aromatic N) is 2. The number of ether oxygens (including phenoxy) is 2. The lowest BCUT2D eigenvalue weighted by molar-refractivity contribution is 0.0701. The van der Waals surface area contributed by atoms with E-state index in [0.29, 0.717) is 16.3 Å². The summed E-state index contributed by atoms with van der Waals surface area (Å²) in [4.78, 5) is 19.3. The van der Waals surface area contributed by atoms with E-state index in [1.807, 2.05) is 32.3 Å². The number of hydrogen-bond acceptors (Lipinski definition) is 4. The molecule has 2 aromatic carbocycles. The van der Waals surface area contributed by atoms with Crippen molar-refractivity contribution in [2.24, 2.45) is 4.99 Å². The largest absolute Gasteiger partial charge is 0.485 e. The van der Waals surface area contributed by atoms with E-state index in [4.69, 9.17) is 21.1 Å². The summed E-state index contributed by atoms with van der Waals surface area (Å²) in [6.07, 6.45) is 1.86. The summed E-state index contributed by atoms with van der Waals surface area (Å²) in [6, 6.07) is 10.8. The normalized spacial score (nSPS) is 14.6. The second-order valence-corrected chi connectivity index (χ2v) is 6.95. The molecule has 1 aliphatic heterocycles. The van der Waals surface area contributed by atoms with Gasteiger partial charge in [0.1, 0.15) is 5.75 Å². The van der Waals surface area contributed by atoms with Gasteiger partial charge in [-0.2, -0.15) is 0 Å². The van der Waals surface area contributed by atoms with Crippen LogP contribution in [0.15, 0.2) is 41.4 Å². The molecule has 0 saturated carbocycles. The fourth-order valence-electron chi connectivity index (χ4n) is 2.86. The molecule has 6 heteroatoms. The van der Waals surface area contributed by atoms with Gasteiger partial charge in [-0.05, 0) is 55.3 Å². The van der Waals surface area contributed by atoms with Gasteiger partial charge in [0.05, 0.1) is 25.2 Å². The Morgan fingerprint density at radius 2 is 2.00 bits per heavy atom. The van der Waals surface area contributed by atoms with Crippen LogP contribution in [-0.2, 0) is 4.74 Å². The van der Waals surface area contributed by atoms with E-state index in [1.54, 1.807) is 24.3 Å². The summed E-state index contributed by atoms with van der Waals surface area (Å²) in [5.41, 5.74) is 3.36. The summed E-state index contributed by atoms with van der Waals surface area (Å²) in [5.74, 6) is 0.510. The van der Waals surface area contributed by atoms with Crippen LogP contribution in [0.25, 0.3) is 0 Å². The molecule has 0 spiro atoms. The van der Waals surface area contributed by atoms with Crippen LogP contribution in [0.3, 0.4) is 0 Å². The molecule has 0 radical (unpaired) electrons. The molecule has 5 nitrogen and oxygen atoms in total. The lowest BCUT2D eigenvalue weighted by atomic mass is 10.0. The van der Waals surface area contributed by atoms with Crippen LogP contribution in [-0.4, -0.2) is 49.9 Å². The highest BCUT2D eigenvalue weighted by Crippen LogP contribution is 2.24. The number of ketones is 1. The zero-order valence-corrected chi connectivity index (χ0v) is 16.3. The average molecular weight is 387 g/mol. The maximum Gasteiger partial charge on any atom is 0.200 e. The van der Waals surface area contributed by atoms with Gasteiger partial charge in [-0.25, -0.2) is 4.99 Å². The topological polar surface area (TPSA) is 51.1 Å². The number of halogens is 1. The van der Waals surface area contributed by atoms with Crippen LogP contribution in [0.4, 0.5) is 5.69 Å². The van der Waals surface area contributed by atoms with E-state index in [-0.39, 0.29) is 12.4 Å². The number of aryl methyl sites for hydroxylation is 2. The van der Waals surface area contributed by atoms with Crippen LogP contribution in [0.5, 0.6) is 5.75 Å². The molecular weight excluding hydrogens is 364 g/mol. The predicted octanol–water partition coefficient (Wildman–Crippen LogP) is 4.21. The summed E-state index contributed by atoms with van der Waals surface area (Å²) >= 11 is 5.94. The summed E-state index contributed by atoms with van der Waals surface area (Å²) in [5, 5.41) is 0.578. The molecule has 0 amide bonds. The fourth-order valence-corrected chi connectivity index (χ4v) is 3.04. The van der Waals surface area contributed by atoms with E-state index in [0.717, 1.165) is 43.1 Å². The summed E-state index contributed by atoms with van der Waals surface area (Å²) < 4.78 is 10.9. The standard InChI is InChI=1S/C21H23ClN2O3/c1-15-11-20(23-14-24-6-8-26-9-7-24)16(2)10-19(15)21(25)13-27-18-5-3-4-17(22)12-18/h3-5,10-12,14H,6-9,13H2,1-2H3/b23-14+. The van der Waals surface area contributed by atoms with Gasteiger partial charge in [0, 0.05) is 23.7 Å². The Hall–Kier alpha value is -2.37. The molecule has 1 saturated heterocycles. The zero-order valence-electron chi connectivity index (χ0n) is 15.6. The second-order valence-electron chi connectivity index (χ2n) is 6.52. The Morgan fingerprint density at radius 1 is 1.22 bits per heavy atom. The molecule has 1 heterocycles. The highest BCUT2D eigenvalue weighted by Gasteiger charge is 2.13. The molecule has 0 bridgehead atoms. The van der Waals surface area contributed by atoms with Crippen molar-refractivity contribution in [1.29, 1.82) is 0 Å². The van der Waals surface area contributed by atoms with E-state index in [2.05, 4.69) is 9.89 Å². The quantitative estimate of drug-likeness (QED) is 0.424. The van der Waals surface area contributed by atoms with Gasteiger partial charge >= 0.3 is 0 Å². The van der Waals surface area contributed by atoms with Gasteiger partial charge in [-0.1, -0.05) is 17.7 Å². The molecule has 2 aromatic rings. The third-order valence-electron chi connectivity index (χ3n) is 4.42. The van der Waals surface area contributed by atoms with Gasteiger partial charge < -0.3 is 14.4 Å². The lowest BCUT2D eigenvalue weighted by Gasteiger charge is -2.24. The third-order valence-corrected chi connectivity index (χ3v) is 4.65. The van der Waals surface area contributed by atoms with Crippen molar-refractivity contribution >= 4 is 29.4 Å². The fraction of sp³-hybridized carbons (Fsp3) is 0.333. The third kappa shape index (κ3) is 5.31. The van der Waals surface area contributed by atoms with Gasteiger partial charge in [0.15, 0.2) is 12.4 Å². The molecule has 0 N–H and O–H groups in total. The summed E-state index contributed by atoms with van der Waals surface area (Å²) in [7, 11) is 0. The van der Waals surface area contributed by atoms with Crippen molar-refractivity contribution in [3.05, 3.63) is 58.1 Å². The maximum absolute atomic E-state index is 12.6. The number of carbonyl (C=O) groups is 1. The first-order valence-corrected chi connectivity index (χ1v) is 9.29. The average Bonchev–Trinajstić information content (AvgIpc) is 2.67. The van der Waals surface area contributed by atoms with E-state index in [1.165, 1.54) is 0 Å². The van der Waals surface area contributed by atoms with Gasteiger partial charge in [0.25, 0.3) is 0 Å². The first-order valence-electron chi connectivity index (χ1n) is 8.92. The van der Waals surface area contributed by atoms with Crippen molar-refractivity contribution in [1.82, 2.24) is 4.90 Å². The SMILES string of the molecule is Cc1cc(C(=O)COc2cccc(Cl)c2)c(C)cc1/N=C/N1CCOCC1. The van der Waals surface area contributed by atoms with Crippen LogP contribution in [0, 0.1) is 13.8 Å². The van der Waals surface area contributed by atoms with Crippen LogP contribution in [0.1, 0.15) is 21.5 Å². The number of aliphatic imine (C=N–C) groups is 1. The zero-order chi connectivity index (χ0) is 19.2. The minimum atomic E-state index is -0.0701. The number of benzene rings is 2. The van der Waals surface area contributed by atoms with Gasteiger partial charge in [-0.15, -0.1) is 0 Å². The van der Waals surface area contributed by atoms with Crippen LogP contribution in [0.2, 0.25) is 5.02 Å². The van der Waals surface area contributed by atoms with Crippen molar-refractivity contribution in [3.8, 4) is 5.75 Å². The van der Waals surface area contributed by atoms with Crippen LogP contribution < -0.4 is 4.74 Å². The number of rotatable bonds is 6. The molecule has 0 unspecified atom stereocenters. The predicted molar refractivity (Wildman–Crippen MR) is 108 cm³/mol. The maximum atomic E-state index is 12.6. The molecule has 0 aromatic heterocycles. The van der Waals surface area contributed by atoms with Crippen molar-refractivity contribution in [3.63, 3.8) is 0 Å². The Kier molecular flexibility index (Phi) is 6.48. The first kappa shape index (κ1) is 19.4. The second kappa shape index (κ2) is 9.02. The number of morpholine rings is 1. The van der Waals surface area contributed by atoms with E-state index >= 15 is 0 Å². The molecule has 1 aliphatic rings. The number of hydrogen-bond donors (Lipinski definition) is 0. The molecule has 27 heavy (non-hydrogen) atoms. The lowest BCUT2D eigenvalue weighted by Crippen LogP contribution is -2.35. The highest BCUT2D eigenvalue weighted by atomic mass is 35.5. The Morgan fingerprint density at radius 3 is 2.74 bits per heavy atom. The Balaban J connectivity index is 1.68. The van der Waals surface area contributed by atoms with Gasteiger partial charge in [-0.3, -0.25) is 4.79 Å². The van der Waals surface area contributed by atoms with Crippen LogP contribution >= 0.6 is 11.6 Å². The Bertz CT molecular complexity index is 845.